The van der Waals surface area contributed by atoms with E-state index in [1.807, 2.05) is 18.2 Å². The fourth-order valence-corrected chi connectivity index (χ4v) is 2.68. The highest BCUT2D eigenvalue weighted by molar-refractivity contribution is 6.03. The van der Waals surface area contributed by atoms with E-state index >= 15 is 0 Å². The van der Waals surface area contributed by atoms with Crippen LogP contribution in [-0.2, 0) is 6.54 Å². The predicted octanol–water partition coefficient (Wildman–Crippen LogP) is 3.81. The van der Waals surface area contributed by atoms with Crippen LogP contribution in [0.25, 0.3) is 0 Å². The molecule has 0 spiro atoms. The van der Waals surface area contributed by atoms with Gasteiger partial charge in [0.2, 0.25) is 6.79 Å². The minimum absolute atomic E-state index is 0.231. The second-order valence-corrected chi connectivity index (χ2v) is 5.94. The second-order valence-electron chi connectivity index (χ2n) is 5.94. The number of ether oxygens (including phenoxy) is 2. The van der Waals surface area contributed by atoms with E-state index in [0.717, 1.165) is 22.7 Å². The van der Waals surface area contributed by atoms with Crippen molar-refractivity contribution in [3.63, 3.8) is 0 Å². The minimum atomic E-state index is -0.417. The number of aromatic nitrogens is 1. The summed E-state index contributed by atoms with van der Waals surface area (Å²) in [5.74, 6) is 0.630. The fraction of sp³-hybridized carbons (Fsp3) is 0.100. The van der Waals surface area contributed by atoms with Crippen LogP contribution >= 0.6 is 0 Å². The van der Waals surface area contributed by atoms with Crippen molar-refractivity contribution in [1.82, 2.24) is 4.98 Å². The Morgan fingerprint density at radius 1 is 1.04 bits per heavy atom. The molecule has 0 aliphatic carbocycles. The van der Waals surface area contributed by atoms with Gasteiger partial charge in [0.1, 0.15) is 11.5 Å². The summed E-state index contributed by atoms with van der Waals surface area (Å²) in [7, 11) is 0. The van der Waals surface area contributed by atoms with Gasteiger partial charge in [-0.15, -0.1) is 0 Å². The number of benzene rings is 2. The first kappa shape index (κ1) is 16.8. The van der Waals surface area contributed by atoms with Crippen molar-refractivity contribution in [2.24, 2.45) is 0 Å². The average molecular weight is 365 g/mol. The molecule has 0 atom stereocenters. The number of halogens is 1. The van der Waals surface area contributed by atoms with Gasteiger partial charge in [-0.2, -0.15) is 0 Å². The van der Waals surface area contributed by atoms with E-state index in [1.165, 1.54) is 18.2 Å². The van der Waals surface area contributed by atoms with E-state index in [0.29, 0.717) is 12.2 Å². The molecule has 3 aromatic rings. The van der Waals surface area contributed by atoms with Crippen molar-refractivity contribution in [3.05, 3.63) is 77.9 Å². The summed E-state index contributed by atoms with van der Waals surface area (Å²) in [6, 6.07) is 14.8. The normalized spacial score (nSPS) is 11.9. The van der Waals surface area contributed by atoms with Gasteiger partial charge in [-0.25, -0.2) is 4.39 Å². The van der Waals surface area contributed by atoms with Gasteiger partial charge in [0.15, 0.2) is 11.5 Å². The van der Waals surface area contributed by atoms with Crippen LogP contribution < -0.4 is 20.1 Å². The lowest BCUT2D eigenvalue weighted by molar-refractivity contribution is 0.102. The Hall–Kier alpha value is -3.61. The lowest BCUT2D eigenvalue weighted by atomic mass is 10.2. The van der Waals surface area contributed by atoms with Crippen LogP contribution in [0, 0.1) is 5.82 Å². The molecule has 136 valence electrons. The maximum absolute atomic E-state index is 13.2. The molecule has 0 radical (unpaired) electrons. The first-order chi connectivity index (χ1) is 13.2. The Bertz CT molecular complexity index is 994. The van der Waals surface area contributed by atoms with Crippen molar-refractivity contribution >= 4 is 17.3 Å². The molecule has 1 amide bonds. The molecule has 2 heterocycles. The highest BCUT2D eigenvalue weighted by Gasteiger charge is 2.13. The Morgan fingerprint density at radius 2 is 1.93 bits per heavy atom. The number of fused-ring (bicyclic) bond motifs is 1. The summed E-state index contributed by atoms with van der Waals surface area (Å²) in [4.78, 5) is 16.4. The smallest absolute Gasteiger partial charge is 0.274 e. The average Bonchev–Trinajstić information content (AvgIpc) is 3.14. The van der Waals surface area contributed by atoms with E-state index in [1.54, 1.807) is 24.4 Å². The second kappa shape index (κ2) is 7.33. The molecular weight excluding hydrogens is 349 g/mol. The van der Waals surface area contributed by atoms with Crippen LogP contribution in [-0.4, -0.2) is 17.7 Å². The number of carbonyl (C=O) groups is 1. The van der Waals surface area contributed by atoms with Crippen molar-refractivity contribution < 1.29 is 18.7 Å². The van der Waals surface area contributed by atoms with E-state index in [-0.39, 0.29) is 12.5 Å². The Kier molecular flexibility index (Phi) is 4.57. The minimum Gasteiger partial charge on any atom is -0.454 e. The summed E-state index contributed by atoms with van der Waals surface area (Å²) in [6.45, 7) is 0.784. The van der Waals surface area contributed by atoms with Gasteiger partial charge in [-0.05, 0) is 48.0 Å². The quantitative estimate of drug-likeness (QED) is 0.719. The Balaban J connectivity index is 1.42. The lowest BCUT2D eigenvalue weighted by Gasteiger charge is -2.09. The highest BCUT2D eigenvalue weighted by atomic mass is 19.1. The number of nitrogens with one attached hydrogen (secondary N) is 2. The largest absolute Gasteiger partial charge is 0.454 e. The fourth-order valence-electron chi connectivity index (χ4n) is 2.68. The SMILES string of the molecule is O=C(Nc1cccc(F)c1)c1cc(NCc2ccc3c(c2)OCO3)ccn1. The summed E-state index contributed by atoms with van der Waals surface area (Å²) in [5.41, 5.74) is 2.37. The summed E-state index contributed by atoms with van der Waals surface area (Å²) >= 11 is 0. The summed E-state index contributed by atoms with van der Waals surface area (Å²) < 4.78 is 23.9. The van der Waals surface area contributed by atoms with E-state index in [9.17, 15) is 9.18 Å². The van der Waals surface area contributed by atoms with E-state index in [2.05, 4.69) is 15.6 Å². The molecule has 0 saturated carbocycles. The van der Waals surface area contributed by atoms with Crippen molar-refractivity contribution in [3.8, 4) is 11.5 Å². The number of nitrogens with zero attached hydrogens (tertiary/aromatic N) is 1. The van der Waals surface area contributed by atoms with Crippen molar-refractivity contribution in [2.75, 3.05) is 17.4 Å². The van der Waals surface area contributed by atoms with Crippen LogP contribution in [0.4, 0.5) is 15.8 Å². The maximum Gasteiger partial charge on any atom is 0.274 e. The van der Waals surface area contributed by atoms with Gasteiger partial charge in [0.25, 0.3) is 5.91 Å². The summed E-state index contributed by atoms with van der Waals surface area (Å²) in [5, 5.41) is 5.87. The molecule has 6 nitrogen and oxygen atoms in total. The molecule has 7 heteroatoms. The molecule has 1 aliphatic heterocycles. The van der Waals surface area contributed by atoms with E-state index < -0.39 is 11.7 Å². The molecule has 4 rings (SSSR count). The molecule has 0 unspecified atom stereocenters. The molecule has 2 N–H and O–H groups in total. The Labute approximate surface area is 155 Å². The lowest BCUT2D eigenvalue weighted by Crippen LogP contribution is -2.14. The van der Waals surface area contributed by atoms with Gasteiger partial charge >= 0.3 is 0 Å². The van der Waals surface area contributed by atoms with Crippen LogP contribution in [0.2, 0.25) is 0 Å². The molecule has 27 heavy (non-hydrogen) atoms. The highest BCUT2D eigenvalue weighted by Crippen LogP contribution is 2.32. The number of hydrogen-bond donors (Lipinski definition) is 2. The van der Waals surface area contributed by atoms with Gasteiger partial charge < -0.3 is 20.1 Å². The molecule has 0 fully saturated rings. The molecule has 2 aromatic carbocycles. The van der Waals surface area contributed by atoms with Gasteiger partial charge in [0.05, 0.1) is 0 Å². The van der Waals surface area contributed by atoms with Crippen LogP contribution in [0.1, 0.15) is 16.1 Å². The number of amides is 1. The first-order valence-corrected chi connectivity index (χ1v) is 8.33. The van der Waals surface area contributed by atoms with Crippen LogP contribution in [0.5, 0.6) is 11.5 Å². The number of rotatable bonds is 5. The zero-order valence-corrected chi connectivity index (χ0v) is 14.2. The maximum atomic E-state index is 13.2. The first-order valence-electron chi connectivity index (χ1n) is 8.33. The molecular formula is C20H16FN3O3. The van der Waals surface area contributed by atoms with Crippen LogP contribution in [0.3, 0.4) is 0 Å². The number of carbonyl (C=O) groups excluding carboxylic acids is 1. The van der Waals surface area contributed by atoms with Crippen LogP contribution in [0.15, 0.2) is 60.8 Å². The number of anilines is 2. The Morgan fingerprint density at radius 3 is 2.81 bits per heavy atom. The number of pyridine rings is 1. The standard InChI is InChI=1S/C20H16FN3O3/c21-14-2-1-3-16(9-14)24-20(25)17-10-15(6-7-22-17)23-11-13-4-5-18-19(8-13)27-12-26-18/h1-10H,11-12H2,(H,22,23)(H,24,25). The summed E-state index contributed by atoms with van der Waals surface area (Å²) in [6.07, 6.45) is 1.54. The molecule has 0 saturated heterocycles. The van der Waals surface area contributed by atoms with Crippen molar-refractivity contribution in [2.45, 2.75) is 6.54 Å². The van der Waals surface area contributed by atoms with Gasteiger partial charge in [-0.3, -0.25) is 9.78 Å². The van der Waals surface area contributed by atoms with Gasteiger partial charge in [-0.1, -0.05) is 12.1 Å². The third-order valence-electron chi connectivity index (χ3n) is 4.01. The zero-order chi connectivity index (χ0) is 18.6. The van der Waals surface area contributed by atoms with E-state index in [4.69, 9.17) is 9.47 Å². The number of hydrogen-bond acceptors (Lipinski definition) is 5. The molecule has 0 bridgehead atoms. The third-order valence-corrected chi connectivity index (χ3v) is 4.01. The van der Waals surface area contributed by atoms with Gasteiger partial charge in [0, 0.05) is 24.1 Å². The third kappa shape index (κ3) is 3.98. The topological polar surface area (TPSA) is 72.5 Å². The molecule has 1 aliphatic rings. The predicted molar refractivity (Wildman–Crippen MR) is 98.5 cm³/mol. The van der Waals surface area contributed by atoms with Crippen molar-refractivity contribution in [1.29, 1.82) is 0 Å². The zero-order valence-electron chi connectivity index (χ0n) is 14.2. The molecule has 1 aromatic heterocycles. The monoisotopic (exact) mass is 365 g/mol.